The number of fused-ring (bicyclic) bond motifs is 1. The fourth-order valence-electron chi connectivity index (χ4n) is 4.01. The molecule has 0 aromatic heterocycles. The molecule has 196 valence electrons. The SMILES string of the molecule is CCOc1cccc(NC(=O)c2cc3ccccc3c(N=Nc3ccc(Cl)c(CC)c3S(=O)(=O)O)c2O)c1. The van der Waals surface area contributed by atoms with E-state index < -0.39 is 26.7 Å². The molecule has 4 rings (SSSR count). The molecule has 0 aliphatic rings. The number of anilines is 1. The van der Waals surface area contributed by atoms with Gasteiger partial charge in [0.05, 0.1) is 12.2 Å². The number of halogens is 1. The van der Waals surface area contributed by atoms with E-state index in [9.17, 15) is 22.9 Å². The third-order valence-electron chi connectivity index (χ3n) is 5.69. The number of nitrogens with zero attached hydrogens (tertiary/aromatic N) is 2. The van der Waals surface area contributed by atoms with Crippen molar-refractivity contribution in [2.24, 2.45) is 10.2 Å². The van der Waals surface area contributed by atoms with E-state index in [-0.39, 0.29) is 33.9 Å². The first kappa shape index (κ1) is 27.1. The first-order valence-corrected chi connectivity index (χ1v) is 13.4. The molecule has 11 heteroatoms. The summed E-state index contributed by atoms with van der Waals surface area (Å²) in [5.74, 6) is -0.479. The maximum absolute atomic E-state index is 13.2. The number of ether oxygens (including phenoxy) is 1. The first-order valence-electron chi connectivity index (χ1n) is 11.6. The number of nitrogens with one attached hydrogen (secondary N) is 1. The summed E-state index contributed by atoms with van der Waals surface area (Å²) < 4.78 is 39.6. The highest BCUT2D eigenvalue weighted by Gasteiger charge is 2.23. The summed E-state index contributed by atoms with van der Waals surface area (Å²) in [6.07, 6.45) is 0.214. The van der Waals surface area contributed by atoms with Gasteiger partial charge in [-0.05, 0) is 54.6 Å². The van der Waals surface area contributed by atoms with Gasteiger partial charge >= 0.3 is 0 Å². The van der Waals surface area contributed by atoms with Crippen LogP contribution in [0, 0.1) is 0 Å². The average molecular weight is 554 g/mol. The molecule has 0 radical (unpaired) electrons. The van der Waals surface area contributed by atoms with Crippen molar-refractivity contribution in [1.82, 2.24) is 0 Å². The number of carbonyl (C=O) groups is 1. The van der Waals surface area contributed by atoms with Crippen molar-refractivity contribution in [3.63, 3.8) is 0 Å². The van der Waals surface area contributed by atoms with Gasteiger partial charge in [-0.3, -0.25) is 9.35 Å². The molecule has 0 saturated carbocycles. The van der Waals surface area contributed by atoms with Crippen LogP contribution in [0.25, 0.3) is 10.8 Å². The molecule has 0 aliphatic carbocycles. The van der Waals surface area contributed by atoms with E-state index in [0.717, 1.165) is 0 Å². The van der Waals surface area contributed by atoms with Gasteiger partial charge in [-0.15, -0.1) is 10.2 Å². The van der Waals surface area contributed by atoms with E-state index in [2.05, 4.69) is 15.5 Å². The summed E-state index contributed by atoms with van der Waals surface area (Å²) >= 11 is 6.14. The maximum Gasteiger partial charge on any atom is 0.297 e. The van der Waals surface area contributed by atoms with Crippen LogP contribution in [-0.2, 0) is 16.5 Å². The smallest absolute Gasteiger partial charge is 0.297 e. The summed E-state index contributed by atoms with van der Waals surface area (Å²) in [7, 11) is -4.69. The van der Waals surface area contributed by atoms with Crippen LogP contribution in [0.5, 0.6) is 11.5 Å². The van der Waals surface area contributed by atoms with E-state index in [1.165, 1.54) is 18.2 Å². The topological polar surface area (TPSA) is 138 Å². The van der Waals surface area contributed by atoms with Gasteiger partial charge in [-0.1, -0.05) is 48.9 Å². The van der Waals surface area contributed by atoms with Crippen molar-refractivity contribution in [1.29, 1.82) is 0 Å². The Morgan fingerprint density at radius 1 is 1.03 bits per heavy atom. The quantitative estimate of drug-likeness (QED) is 0.157. The number of aromatic hydroxyl groups is 1. The van der Waals surface area contributed by atoms with E-state index in [1.54, 1.807) is 55.5 Å². The second-order valence-electron chi connectivity index (χ2n) is 8.16. The van der Waals surface area contributed by atoms with Gasteiger partial charge in [0.25, 0.3) is 16.0 Å². The van der Waals surface area contributed by atoms with Gasteiger partial charge in [0.1, 0.15) is 22.0 Å². The van der Waals surface area contributed by atoms with Crippen molar-refractivity contribution in [3.8, 4) is 11.5 Å². The summed E-state index contributed by atoms with van der Waals surface area (Å²) in [6, 6.07) is 18.0. The zero-order chi connectivity index (χ0) is 27.4. The molecule has 0 aliphatic heterocycles. The lowest BCUT2D eigenvalue weighted by atomic mass is 10.0. The monoisotopic (exact) mass is 553 g/mol. The minimum absolute atomic E-state index is 0.0504. The van der Waals surface area contributed by atoms with Gasteiger partial charge in [-0.2, -0.15) is 8.42 Å². The summed E-state index contributed by atoms with van der Waals surface area (Å²) in [4.78, 5) is 12.7. The molecule has 0 spiro atoms. The number of benzene rings is 4. The van der Waals surface area contributed by atoms with Crippen LogP contribution in [0.15, 0.2) is 81.9 Å². The Morgan fingerprint density at radius 3 is 2.50 bits per heavy atom. The van der Waals surface area contributed by atoms with E-state index in [4.69, 9.17) is 16.3 Å². The molecular weight excluding hydrogens is 530 g/mol. The van der Waals surface area contributed by atoms with Crippen LogP contribution in [-0.4, -0.2) is 30.6 Å². The number of azo groups is 1. The Morgan fingerprint density at radius 2 is 1.79 bits per heavy atom. The highest BCUT2D eigenvalue weighted by molar-refractivity contribution is 7.86. The molecule has 4 aromatic carbocycles. The molecule has 0 atom stereocenters. The van der Waals surface area contributed by atoms with E-state index >= 15 is 0 Å². The molecule has 0 bridgehead atoms. The Hall–Kier alpha value is -3.99. The average Bonchev–Trinajstić information content (AvgIpc) is 2.88. The van der Waals surface area contributed by atoms with Crippen LogP contribution in [0.3, 0.4) is 0 Å². The van der Waals surface area contributed by atoms with Crippen molar-refractivity contribution in [2.45, 2.75) is 25.2 Å². The number of amides is 1. The van der Waals surface area contributed by atoms with Gasteiger partial charge in [0, 0.05) is 22.2 Å². The Labute approximate surface area is 224 Å². The highest BCUT2D eigenvalue weighted by Crippen LogP contribution is 2.41. The number of hydrogen-bond acceptors (Lipinski definition) is 7. The molecular formula is C27H24ClN3O6S. The molecule has 9 nitrogen and oxygen atoms in total. The summed E-state index contributed by atoms with van der Waals surface area (Å²) in [5.41, 5.74) is 0.357. The summed E-state index contributed by atoms with van der Waals surface area (Å²) in [6.45, 7) is 3.99. The number of hydrogen-bond donors (Lipinski definition) is 3. The maximum atomic E-state index is 13.2. The van der Waals surface area contributed by atoms with Crippen LogP contribution >= 0.6 is 11.6 Å². The van der Waals surface area contributed by atoms with Crippen LogP contribution < -0.4 is 10.1 Å². The van der Waals surface area contributed by atoms with Gasteiger partial charge in [0.15, 0.2) is 5.75 Å². The third-order valence-corrected chi connectivity index (χ3v) is 7.02. The molecule has 38 heavy (non-hydrogen) atoms. The summed E-state index contributed by atoms with van der Waals surface area (Å²) in [5, 5.41) is 23.2. The van der Waals surface area contributed by atoms with Crippen molar-refractivity contribution < 1.29 is 27.6 Å². The minimum Gasteiger partial charge on any atom is -0.505 e. The molecule has 0 heterocycles. The zero-order valence-corrected chi connectivity index (χ0v) is 22.0. The number of carbonyl (C=O) groups excluding carboxylic acids is 1. The largest absolute Gasteiger partial charge is 0.505 e. The Bertz CT molecular complexity index is 1670. The molecule has 1 amide bonds. The lowest BCUT2D eigenvalue weighted by molar-refractivity contribution is 0.102. The predicted octanol–water partition coefficient (Wildman–Crippen LogP) is 7.07. The molecule has 0 saturated heterocycles. The minimum atomic E-state index is -4.69. The van der Waals surface area contributed by atoms with Crippen molar-refractivity contribution >= 4 is 55.5 Å². The fourth-order valence-corrected chi connectivity index (χ4v) is 5.30. The van der Waals surface area contributed by atoms with Gasteiger partial charge < -0.3 is 15.2 Å². The predicted molar refractivity (Wildman–Crippen MR) is 146 cm³/mol. The van der Waals surface area contributed by atoms with Gasteiger partial charge in [0.2, 0.25) is 0 Å². The molecule has 0 fully saturated rings. The van der Waals surface area contributed by atoms with Crippen LogP contribution in [0.1, 0.15) is 29.8 Å². The van der Waals surface area contributed by atoms with E-state index in [1.807, 2.05) is 6.92 Å². The van der Waals surface area contributed by atoms with Gasteiger partial charge in [-0.25, -0.2) is 0 Å². The standard InChI is InChI=1S/C27H24ClN3O6S/c1-3-19-22(28)12-13-23(26(19)38(34,35)36)30-31-24-20-11-6-5-8-16(20)14-21(25(24)32)27(33)29-17-9-7-10-18(15-17)37-4-2/h5-15,32H,3-4H2,1-2H3,(H,29,33)(H,34,35,36). The van der Waals surface area contributed by atoms with Crippen molar-refractivity contribution in [2.75, 3.05) is 11.9 Å². The second kappa shape index (κ2) is 11.2. The molecule has 3 N–H and O–H groups in total. The highest BCUT2D eigenvalue weighted by atomic mass is 35.5. The molecule has 0 unspecified atom stereocenters. The number of rotatable bonds is 8. The second-order valence-corrected chi connectivity index (χ2v) is 9.93. The van der Waals surface area contributed by atoms with Crippen LogP contribution in [0.2, 0.25) is 5.02 Å². The lowest BCUT2D eigenvalue weighted by Crippen LogP contribution is -2.12. The Balaban J connectivity index is 1.81. The zero-order valence-electron chi connectivity index (χ0n) is 20.5. The molecule has 4 aromatic rings. The fraction of sp³-hybridized carbons (Fsp3) is 0.148. The van der Waals surface area contributed by atoms with Crippen molar-refractivity contribution in [3.05, 3.63) is 82.9 Å². The van der Waals surface area contributed by atoms with Crippen LogP contribution in [0.4, 0.5) is 17.1 Å². The number of phenolic OH excluding ortho intramolecular Hbond substituents is 1. The first-order chi connectivity index (χ1) is 18.1. The number of phenols is 1. The third kappa shape index (κ3) is 5.62. The van der Waals surface area contributed by atoms with E-state index in [0.29, 0.717) is 28.8 Å². The lowest BCUT2D eigenvalue weighted by Gasteiger charge is -2.12. The Kier molecular flexibility index (Phi) is 7.96. The normalized spacial score (nSPS) is 11.7.